The summed E-state index contributed by atoms with van der Waals surface area (Å²) in [5.41, 5.74) is 1.18. The maximum atomic E-state index is 12.3. The molecule has 3 heteroatoms. The summed E-state index contributed by atoms with van der Waals surface area (Å²) >= 11 is 0. The summed E-state index contributed by atoms with van der Waals surface area (Å²) in [6.07, 6.45) is 8.69. The lowest BCUT2D eigenvalue weighted by Gasteiger charge is -2.26. The fourth-order valence-electron chi connectivity index (χ4n) is 2.89. The normalized spacial score (nSPS) is 25.2. The molecule has 1 aromatic carbocycles. The Kier molecular flexibility index (Phi) is 4.71. The number of hydrogen-bond acceptors (Lipinski definition) is 2. The molecule has 2 aliphatic rings. The maximum absolute atomic E-state index is 12.3. The highest BCUT2D eigenvalue weighted by Gasteiger charge is 2.45. The predicted octanol–water partition coefficient (Wildman–Crippen LogP) is 3.12. The highest BCUT2D eigenvalue weighted by molar-refractivity contribution is 5.82. The number of hydrogen-bond donors (Lipinski definition) is 0. The number of nitrogens with zero attached hydrogens (tertiary/aromatic N) is 1. The Morgan fingerprint density at radius 1 is 1.19 bits per heavy atom. The molecule has 1 amide bonds. The average Bonchev–Trinajstić information content (AvgIpc) is 3.32. The van der Waals surface area contributed by atoms with Gasteiger partial charge in [0.15, 0.2) is 0 Å². The molecule has 0 bridgehead atoms. The number of likely N-dealkylation sites (tertiary alicyclic amines) is 1. The topological polar surface area (TPSA) is 29.5 Å². The summed E-state index contributed by atoms with van der Waals surface area (Å²) in [6.45, 7) is 2.47. The number of benzene rings is 1. The van der Waals surface area contributed by atoms with E-state index in [4.69, 9.17) is 4.74 Å². The first kappa shape index (κ1) is 14.3. The van der Waals surface area contributed by atoms with Gasteiger partial charge in [-0.25, -0.2) is 0 Å². The zero-order chi connectivity index (χ0) is 14.5. The second-order valence-electron chi connectivity index (χ2n) is 5.91. The van der Waals surface area contributed by atoms with Crippen LogP contribution in [0.15, 0.2) is 36.4 Å². The highest BCUT2D eigenvalue weighted by Crippen LogP contribution is 2.36. The molecular weight excluding hydrogens is 262 g/mol. The van der Waals surface area contributed by atoms with E-state index >= 15 is 0 Å². The van der Waals surface area contributed by atoms with Crippen molar-refractivity contribution in [3.05, 3.63) is 42.0 Å². The minimum atomic E-state index is 0.119. The van der Waals surface area contributed by atoms with Gasteiger partial charge in [0.25, 0.3) is 0 Å². The molecular formula is C18H23NO2. The van der Waals surface area contributed by atoms with E-state index in [2.05, 4.69) is 18.2 Å². The van der Waals surface area contributed by atoms with E-state index in [0.717, 1.165) is 32.4 Å². The Morgan fingerprint density at radius 2 is 1.95 bits per heavy atom. The Hall–Kier alpha value is -1.61. The van der Waals surface area contributed by atoms with Gasteiger partial charge in [0.05, 0.1) is 18.6 Å². The molecule has 1 heterocycles. The quantitative estimate of drug-likeness (QED) is 0.832. The molecule has 3 nitrogen and oxygen atoms in total. The largest absolute Gasteiger partial charge is 0.373 e. The van der Waals surface area contributed by atoms with Gasteiger partial charge in [0, 0.05) is 13.1 Å². The van der Waals surface area contributed by atoms with E-state index < -0.39 is 0 Å². The molecule has 1 saturated heterocycles. The number of piperidine rings is 1. The number of carbonyl (C=O) groups excluding carboxylic acids is 1. The molecule has 0 unspecified atom stereocenters. The standard InChI is InChI=1S/C18H23NO2/c20-18(19-11-5-2-6-12-19)16-14-17(16)21-13-7-10-15-8-3-1-4-9-15/h1,3-4,7-10,16-17H,2,5-6,11-14H2/b10-7+/t16-,17-/m0/s1. The van der Waals surface area contributed by atoms with Gasteiger partial charge in [0.1, 0.15) is 0 Å². The minimum Gasteiger partial charge on any atom is -0.373 e. The third kappa shape index (κ3) is 3.94. The number of carbonyl (C=O) groups is 1. The molecule has 1 aliphatic heterocycles. The van der Waals surface area contributed by atoms with Crippen molar-refractivity contribution in [2.45, 2.75) is 31.8 Å². The summed E-state index contributed by atoms with van der Waals surface area (Å²) in [4.78, 5) is 14.3. The van der Waals surface area contributed by atoms with Crippen LogP contribution in [0.1, 0.15) is 31.2 Å². The highest BCUT2D eigenvalue weighted by atomic mass is 16.5. The first-order valence-corrected chi connectivity index (χ1v) is 7.96. The molecule has 2 atom stereocenters. The third-order valence-electron chi connectivity index (χ3n) is 4.23. The van der Waals surface area contributed by atoms with Crippen molar-refractivity contribution in [1.82, 2.24) is 4.90 Å². The van der Waals surface area contributed by atoms with Crippen LogP contribution in [0.5, 0.6) is 0 Å². The Morgan fingerprint density at radius 3 is 2.71 bits per heavy atom. The van der Waals surface area contributed by atoms with Crippen LogP contribution in [0.4, 0.5) is 0 Å². The van der Waals surface area contributed by atoms with Gasteiger partial charge in [-0.1, -0.05) is 42.5 Å². The van der Waals surface area contributed by atoms with Crippen LogP contribution in [0.3, 0.4) is 0 Å². The fraction of sp³-hybridized carbons (Fsp3) is 0.500. The van der Waals surface area contributed by atoms with Crippen molar-refractivity contribution in [3.8, 4) is 0 Å². The molecule has 3 rings (SSSR count). The van der Waals surface area contributed by atoms with Gasteiger partial charge in [-0.15, -0.1) is 0 Å². The molecule has 1 saturated carbocycles. The smallest absolute Gasteiger partial charge is 0.228 e. The molecule has 0 N–H and O–H groups in total. The van der Waals surface area contributed by atoms with E-state index in [0.29, 0.717) is 12.5 Å². The number of ether oxygens (including phenoxy) is 1. The molecule has 0 spiro atoms. The Bertz CT molecular complexity index is 491. The zero-order valence-electron chi connectivity index (χ0n) is 12.4. The van der Waals surface area contributed by atoms with Crippen LogP contribution in [0, 0.1) is 5.92 Å². The van der Waals surface area contributed by atoms with Crippen molar-refractivity contribution in [3.63, 3.8) is 0 Å². The van der Waals surface area contributed by atoms with Crippen LogP contribution < -0.4 is 0 Å². The molecule has 0 aromatic heterocycles. The fourth-order valence-corrected chi connectivity index (χ4v) is 2.89. The maximum Gasteiger partial charge on any atom is 0.228 e. The van der Waals surface area contributed by atoms with E-state index in [1.54, 1.807) is 0 Å². The van der Waals surface area contributed by atoms with Gasteiger partial charge in [-0.05, 0) is 31.2 Å². The third-order valence-corrected chi connectivity index (χ3v) is 4.23. The van der Waals surface area contributed by atoms with E-state index in [1.807, 2.05) is 29.2 Å². The monoisotopic (exact) mass is 285 g/mol. The van der Waals surface area contributed by atoms with Gasteiger partial charge in [-0.3, -0.25) is 4.79 Å². The van der Waals surface area contributed by atoms with Gasteiger partial charge < -0.3 is 9.64 Å². The van der Waals surface area contributed by atoms with E-state index in [9.17, 15) is 4.79 Å². The summed E-state index contributed by atoms with van der Waals surface area (Å²) in [5, 5.41) is 0. The minimum absolute atomic E-state index is 0.119. The zero-order valence-corrected chi connectivity index (χ0v) is 12.4. The van der Waals surface area contributed by atoms with Crippen molar-refractivity contribution >= 4 is 12.0 Å². The van der Waals surface area contributed by atoms with Gasteiger partial charge in [-0.2, -0.15) is 0 Å². The molecule has 1 aromatic rings. The second kappa shape index (κ2) is 6.90. The Balaban J connectivity index is 1.38. The second-order valence-corrected chi connectivity index (χ2v) is 5.91. The van der Waals surface area contributed by atoms with Crippen molar-refractivity contribution in [2.24, 2.45) is 5.92 Å². The van der Waals surface area contributed by atoms with Crippen molar-refractivity contribution < 1.29 is 9.53 Å². The summed E-state index contributed by atoms with van der Waals surface area (Å²) < 4.78 is 5.76. The Labute approximate surface area is 126 Å². The first-order valence-electron chi connectivity index (χ1n) is 7.96. The van der Waals surface area contributed by atoms with Crippen molar-refractivity contribution in [1.29, 1.82) is 0 Å². The summed E-state index contributed by atoms with van der Waals surface area (Å²) in [6, 6.07) is 10.2. The predicted molar refractivity (Wildman–Crippen MR) is 83.8 cm³/mol. The molecule has 21 heavy (non-hydrogen) atoms. The summed E-state index contributed by atoms with van der Waals surface area (Å²) in [7, 11) is 0. The molecule has 112 valence electrons. The number of amides is 1. The van der Waals surface area contributed by atoms with Crippen LogP contribution >= 0.6 is 0 Å². The SMILES string of the molecule is O=C([C@H]1C[C@@H]1OC/C=C/c1ccccc1)N1CCCCC1. The molecule has 0 radical (unpaired) electrons. The van der Waals surface area contributed by atoms with Crippen LogP contribution in [-0.2, 0) is 9.53 Å². The van der Waals surface area contributed by atoms with Crippen LogP contribution in [0.25, 0.3) is 6.08 Å². The lowest BCUT2D eigenvalue weighted by molar-refractivity contribution is -0.134. The lowest BCUT2D eigenvalue weighted by Crippen LogP contribution is -2.37. The van der Waals surface area contributed by atoms with E-state index in [-0.39, 0.29) is 12.0 Å². The summed E-state index contributed by atoms with van der Waals surface area (Å²) in [5.74, 6) is 0.431. The van der Waals surface area contributed by atoms with Gasteiger partial charge >= 0.3 is 0 Å². The molecule has 1 aliphatic carbocycles. The lowest BCUT2D eigenvalue weighted by atomic mass is 10.1. The van der Waals surface area contributed by atoms with E-state index in [1.165, 1.54) is 12.0 Å². The van der Waals surface area contributed by atoms with Gasteiger partial charge in [0.2, 0.25) is 5.91 Å². The number of rotatable bonds is 5. The van der Waals surface area contributed by atoms with Crippen molar-refractivity contribution in [2.75, 3.05) is 19.7 Å². The first-order chi connectivity index (χ1) is 10.3. The molecule has 2 fully saturated rings. The van der Waals surface area contributed by atoms with Crippen LogP contribution in [0.2, 0.25) is 0 Å². The van der Waals surface area contributed by atoms with Crippen LogP contribution in [-0.4, -0.2) is 36.6 Å². The average molecular weight is 285 g/mol.